The van der Waals surface area contributed by atoms with Crippen molar-refractivity contribution >= 4 is 15.8 Å². The molecule has 0 aromatic rings. The lowest BCUT2D eigenvalue weighted by atomic mass is 9.88. The van der Waals surface area contributed by atoms with Crippen LogP contribution in [-0.2, 0) is 19.4 Å². The Balaban J connectivity index is 2.69. The fraction of sp³-hybridized carbons (Fsp3) is 0.923. The summed E-state index contributed by atoms with van der Waals surface area (Å²) in [6, 6.07) is 0. The summed E-state index contributed by atoms with van der Waals surface area (Å²) in [7, 11) is -1.93. The van der Waals surface area contributed by atoms with E-state index in [0.29, 0.717) is 12.8 Å². The Hall–Kier alpha value is -0.620. The normalized spacial score (nSPS) is 26.0. The largest absolute Gasteiger partial charge is 0.480 e. The van der Waals surface area contributed by atoms with Crippen LogP contribution in [0, 0.1) is 5.92 Å². The van der Waals surface area contributed by atoms with Crippen LogP contribution in [-0.4, -0.2) is 43.7 Å². The Bertz CT molecular complexity index is 390. The van der Waals surface area contributed by atoms with Gasteiger partial charge in [0.05, 0.1) is 11.9 Å². The van der Waals surface area contributed by atoms with E-state index in [-0.39, 0.29) is 24.2 Å². The molecule has 3 atom stereocenters. The summed E-state index contributed by atoms with van der Waals surface area (Å²) in [5.41, 5.74) is 0. The van der Waals surface area contributed by atoms with Crippen molar-refractivity contribution in [3.63, 3.8) is 0 Å². The molecule has 5 nitrogen and oxygen atoms in total. The van der Waals surface area contributed by atoms with E-state index in [1.54, 1.807) is 14.0 Å². The highest BCUT2D eigenvalue weighted by Crippen LogP contribution is 2.28. The number of hydrogen-bond acceptors (Lipinski definition) is 4. The number of rotatable bonds is 7. The first-order valence-electron chi connectivity index (χ1n) is 6.87. The molecule has 112 valence electrons. The number of methoxy groups -OCH3 is 1. The van der Waals surface area contributed by atoms with Gasteiger partial charge in [0.1, 0.15) is 0 Å². The van der Waals surface area contributed by atoms with E-state index in [1.807, 2.05) is 0 Å². The van der Waals surface area contributed by atoms with Gasteiger partial charge in [-0.15, -0.1) is 0 Å². The second kappa shape index (κ2) is 7.24. The lowest BCUT2D eigenvalue weighted by molar-refractivity contribution is -0.136. The predicted molar refractivity (Wildman–Crippen MR) is 72.9 cm³/mol. The first-order valence-corrected chi connectivity index (χ1v) is 8.59. The van der Waals surface area contributed by atoms with Gasteiger partial charge in [0, 0.05) is 7.11 Å². The zero-order valence-corrected chi connectivity index (χ0v) is 12.5. The maximum atomic E-state index is 12.2. The molecular weight excluding hydrogens is 268 g/mol. The molecular formula is C13H24O5S. The molecule has 1 rings (SSSR count). The van der Waals surface area contributed by atoms with Crippen LogP contribution in [0.4, 0.5) is 0 Å². The third-order valence-corrected chi connectivity index (χ3v) is 6.04. The lowest BCUT2D eigenvalue weighted by Crippen LogP contribution is -2.36. The molecule has 0 amide bonds. The van der Waals surface area contributed by atoms with Crippen molar-refractivity contribution in [1.29, 1.82) is 0 Å². The number of carboxylic acid groups (broad SMARTS) is 1. The van der Waals surface area contributed by atoms with Crippen LogP contribution in [0.15, 0.2) is 0 Å². The lowest BCUT2D eigenvalue weighted by Gasteiger charge is -2.28. The zero-order valence-electron chi connectivity index (χ0n) is 11.7. The minimum absolute atomic E-state index is 0.0240. The third kappa shape index (κ3) is 4.76. The third-order valence-electron chi connectivity index (χ3n) is 3.80. The summed E-state index contributed by atoms with van der Waals surface area (Å²) < 4.78 is 29.7. The molecule has 1 aliphatic carbocycles. The highest BCUT2D eigenvalue weighted by atomic mass is 32.2. The first kappa shape index (κ1) is 16.4. The van der Waals surface area contributed by atoms with Gasteiger partial charge in [0.2, 0.25) is 0 Å². The molecule has 0 aromatic heterocycles. The van der Waals surface area contributed by atoms with Crippen LogP contribution in [0.5, 0.6) is 0 Å². The smallest absolute Gasteiger partial charge is 0.321 e. The molecule has 6 heteroatoms. The Morgan fingerprint density at radius 1 is 1.42 bits per heavy atom. The summed E-state index contributed by atoms with van der Waals surface area (Å²) >= 11 is 0. The van der Waals surface area contributed by atoms with E-state index in [4.69, 9.17) is 9.84 Å². The average molecular weight is 292 g/mol. The van der Waals surface area contributed by atoms with Gasteiger partial charge in [-0.2, -0.15) is 0 Å². The minimum Gasteiger partial charge on any atom is -0.480 e. The van der Waals surface area contributed by atoms with Gasteiger partial charge < -0.3 is 9.84 Å². The summed E-state index contributed by atoms with van der Waals surface area (Å²) in [6.07, 6.45) is 4.34. The Morgan fingerprint density at radius 2 is 2.11 bits per heavy atom. The van der Waals surface area contributed by atoms with Gasteiger partial charge >= 0.3 is 5.97 Å². The van der Waals surface area contributed by atoms with E-state index in [0.717, 1.165) is 19.3 Å². The van der Waals surface area contributed by atoms with Crippen LogP contribution in [0.25, 0.3) is 0 Å². The molecule has 0 saturated heterocycles. The van der Waals surface area contributed by atoms with Crippen molar-refractivity contribution < 1.29 is 23.1 Å². The summed E-state index contributed by atoms with van der Waals surface area (Å²) in [5.74, 6) is -1.22. The Kier molecular flexibility index (Phi) is 6.26. The number of sulfone groups is 1. The molecule has 19 heavy (non-hydrogen) atoms. The molecule has 0 bridgehead atoms. The molecule has 0 radical (unpaired) electrons. The number of carboxylic acids is 1. The van der Waals surface area contributed by atoms with Crippen molar-refractivity contribution in [2.45, 2.75) is 56.8 Å². The highest BCUT2D eigenvalue weighted by molar-refractivity contribution is 7.92. The predicted octanol–water partition coefficient (Wildman–Crippen LogP) is 1.86. The van der Waals surface area contributed by atoms with E-state index in [2.05, 4.69) is 0 Å². The van der Waals surface area contributed by atoms with Crippen molar-refractivity contribution in [2.24, 2.45) is 5.92 Å². The van der Waals surface area contributed by atoms with Gasteiger partial charge in [0.15, 0.2) is 15.1 Å². The molecule has 3 unspecified atom stereocenters. The Morgan fingerprint density at radius 3 is 2.63 bits per heavy atom. The van der Waals surface area contributed by atoms with Gasteiger partial charge in [-0.25, -0.2) is 8.42 Å². The molecule has 0 aromatic carbocycles. The van der Waals surface area contributed by atoms with Gasteiger partial charge in [0.25, 0.3) is 0 Å². The van der Waals surface area contributed by atoms with E-state index < -0.39 is 21.1 Å². The van der Waals surface area contributed by atoms with Gasteiger partial charge in [-0.05, 0) is 31.6 Å². The van der Waals surface area contributed by atoms with Crippen molar-refractivity contribution in [3.05, 3.63) is 0 Å². The standard InChI is InChI=1S/C13H24O5S/c1-3-5-12(13(14)15)19(16,17)9-10-6-4-7-11(8-10)18-2/h10-12H,3-9H2,1-2H3,(H,14,15). The monoisotopic (exact) mass is 292 g/mol. The summed E-state index contributed by atoms with van der Waals surface area (Å²) in [5, 5.41) is 7.81. The van der Waals surface area contributed by atoms with E-state index in [1.165, 1.54) is 0 Å². The fourth-order valence-electron chi connectivity index (χ4n) is 2.77. The highest BCUT2D eigenvalue weighted by Gasteiger charge is 2.35. The molecule has 1 N–H and O–H groups in total. The van der Waals surface area contributed by atoms with Crippen LogP contribution in [0.1, 0.15) is 45.4 Å². The quantitative estimate of drug-likeness (QED) is 0.774. The van der Waals surface area contributed by atoms with Crippen LogP contribution < -0.4 is 0 Å². The minimum atomic E-state index is -3.57. The Labute approximate surface area is 115 Å². The molecule has 1 saturated carbocycles. The summed E-state index contributed by atoms with van der Waals surface area (Å²) in [4.78, 5) is 11.1. The van der Waals surface area contributed by atoms with Gasteiger partial charge in [-0.1, -0.05) is 19.8 Å². The molecule has 1 aliphatic rings. The van der Waals surface area contributed by atoms with Gasteiger partial charge in [-0.3, -0.25) is 4.79 Å². The molecule has 0 spiro atoms. The maximum Gasteiger partial charge on any atom is 0.321 e. The van der Waals surface area contributed by atoms with Crippen molar-refractivity contribution in [3.8, 4) is 0 Å². The van der Waals surface area contributed by atoms with Crippen LogP contribution in [0.3, 0.4) is 0 Å². The second-order valence-electron chi connectivity index (χ2n) is 5.34. The first-order chi connectivity index (χ1) is 8.90. The van der Waals surface area contributed by atoms with E-state index >= 15 is 0 Å². The maximum absolute atomic E-state index is 12.2. The van der Waals surface area contributed by atoms with Crippen LogP contribution in [0.2, 0.25) is 0 Å². The number of ether oxygens (including phenoxy) is 1. The number of aliphatic carboxylic acids is 1. The average Bonchev–Trinajstić information content (AvgIpc) is 2.35. The second-order valence-corrected chi connectivity index (χ2v) is 7.56. The SMILES string of the molecule is CCCC(C(=O)O)S(=O)(=O)CC1CCCC(OC)C1. The molecule has 0 aliphatic heterocycles. The van der Waals surface area contributed by atoms with Crippen molar-refractivity contribution in [2.75, 3.05) is 12.9 Å². The topological polar surface area (TPSA) is 80.7 Å². The van der Waals surface area contributed by atoms with Crippen molar-refractivity contribution in [1.82, 2.24) is 0 Å². The zero-order chi connectivity index (χ0) is 14.5. The molecule has 0 heterocycles. The fourth-order valence-corrected chi connectivity index (χ4v) is 4.86. The number of hydrogen-bond donors (Lipinski definition) is 1. The number of carbonyl (C=O) groups is 1. The van der Waals surface area contributed by atoms with Crippen LogP contribution >= 0.6 is 0 Å². The molecule has 1 fully saturated rings. The summed E-state index contributed by atoms with van der Waals surface area (Å²) in [6.45, 7) is 1.80. The van der Waals surface area contributed by atoms with E-state index in [9.17, 15) is 13.2 Å².